The van der Waals surface area contributed by atoms with E-state index in [1.165, 1.54) is 0 Å². The topological polar surface area (TPSA) is 36.0 Å². The van der Waals surface area contributed by atoms with Crippen LogP contribution in [0.25, 0.3) is 10.9 Å². The van der Waals surface area contributed by atoms with Gasteiger partial charge in [0.25, 0.3) is 0 Å². The van der Waals surface area contributed by atoms with Crippen LogP contribution < -0.4 is 0 Å². The summed E-state index contributed by atoms with van der Waals surface area (Å²) in [6.07, 6.45) is 2.62. The van der Waals surface area contributed by atoms with Gasteiger partial charge in [0.05, 0.1) is 5.52 Å². The van der Waals surface area contributed by atoms with E-state index in [0.29, 0.717) is 6.42 Å². The van der Waals surface area contributed by atoms with Crippen LogP contribution in [-0.2, 0) is 6.42 Å². The first-order valence-electron chi connectivity index (χ1n) is 4.29. The fraction of sp³-hybridized carbons (Fsp3) is 0.200. The molecular formula is C10H9Br2NO. The van der Waals surface area contributed by atoms with Gasteiger partial charge in [-0.05, 0) is 40.0 Å². The van der Waals surface area contributed by atoms with Crippen molar-refractivity contribution in [3.8, 4) is 0 Å². The number of nitrogens with one attached hydrogen (secondary N) is 1. The molecule has 0 aliphatic heterocycles. The van der Waals surface area contributed by atoms with E-state index >= 15 is 0 Å². The Balaban J connectivity index is 2.70. The highest BCUT2D eigenvalue weighted by atomic mass is 79.9. The van der Waals surface area contributed by atoms with Gasteiger partial charge in [-0.3, -0.25) is 0 Å². The van der Waals surface area contributed by atoms with Crippen LogP contribution in [0.3, 0.4) is 0 Å². The molecule has 0 aliphatic rings. The number of H-pyrrole nitrogens is 1. The molecule has 2 N–H and O–H groups in total. The smallest absolute Gasteiger partial charge is 0.0612 e. The zero-order valence-corrected chi connectivity index (χ0v) is 10.5. The Morgan fingerprint density at radius 3 is 2.64 bits per heavy atom. The number of aromatic amines is 1. The maximum Gasteiger partial charge on any atom is 0.0612 e. The molecule has 0 bridgehead atoms. The molecule has 0 amide bonds. The predicted molar refractivity (Wildman–Crippen MR) is 64.5 cm³/mol. The van der Waals surface area contributed by atoms with Crippen LogP contribution in [0.4, 0.5) is 0 Å². The molecule has 1 aromatic heterocycles. The molecule has 1 heterocycles. The monoisotopic (exact) mass is 317 g/mol. The van der Waals surface area contributed by atoms with Gasteiger partial charge >= 0.3 is 0 Å². The Hall–Kier alpha value is -0.320. The van der Waals surface area contributed by atoms with E-state index in [9.17, 15) is 0 Å². The average molecular weight is 319 g/mol. The molecule has 0 fully saturated rings. The predicted octanol–water partition coefficient (Wildman–Crippen LogP) is 3.23. The van der Waals surface area contributed by atoms with Crippen molar-refractivity contribution in [1.82, 2.24) is 4.98 Å². The minimum Gasteiger partial charge on any atom is -0.396 e. The van der Waals surface area contributed by atoms with E-state index in [4.69, 9.17) is 5.11 Å². The first-order chi connectivity index (χ1) is 6.74. The lowest BCUT2D eigenvalue weighted by Gasteiger charge is -2.00. The van der Waals surface area contributed by atoms with Crippen molar-refractivity contribution >= 4 is 42.8 Å². The number of halogens is 2. The van der Waals surface area contributed by atoms with Gasteiger partial charge in [-0.1, -0.05) is 15.9 Å². The summed E-state index contributed by atoms with van der Waals surface area (Å²) < 4.78 is 2.10. The van der Waals surface area contributed by atoms with Gasteiger partial charge in [0, 0.05) is 27.1 Å². The van der Waals surface area contributed by atoms with E-state index in [2.05, 4.69) is 36.8 Å². The highest BCUT2D eigenvalue weighted by Crippen LogP contribution is 2.32. The van der Waals surface area contributed by atoms with Crippen molar-refractivity contribution in [1.29, 1.82) is 0 Å². The van der Waals surface area contributed by atoms with Crippen molar-refractivity contribution in [2.75, 3.05) is 6.61 Å². The molecule has 0 aliphatic carbocycles. The molecule has 4 heteroatoms. The van der Waals surface area contributed by atoms with E-state index in [1.54, 1.807) is 0 Å². The summed E-state index contributed by atoms with van der Waals surface area (Å²) in [5, 5.41) is 10.1. The van der Waals surface area contributed by atoms with E-state index in [0.717, 1.165) is 25.4 Å². The summed E-state index contributed by atoms with van der Waals surface area (Å²) in [7, 11) is 0. The Labute approximate surface area is 98.6 Å². The van der Waals surface area contributed by atoms with Gasteiger partial charge in [-0.25, -0.2) is 0 Å². The van der Waals surface area contributed by atoms with Gasteiger partial charge in [0.1, 0.15) is 0 Å². The lowest BCUT2D eigenvalue weighted by atomic mass is 10.1. The molecule has 2 aromatic rings. The van der Waals surface area contributed by atoms with Crippen molar-refractivity contribution in [2.24, 2.45) is 0 Å². The third-order valence-electron chi connectivity index (χ3n) is 2.20. The third-order valence-corrected chi connectivity index (χ3v) is 3.52. The summed E-state index contributed by atoms with van der Waals surface area (Å²) in [6, 6.07) is 3.99. The molecule has 0 spiro atoms. The fourth-order valence-electron chi connectivity index (χ4n) is 1.56. The number of benzene rings is 1. The minimum absolute atomic E-state index is 0.173. The molecule has 74 valence electrons. The van der Waals surface area contributed by atoms with Crippen LogP contribution in [-0.4, -0.2) is 16.7 Å². The summed E-state index contributed by atoms with van der Waals surface area (Å²) in [4.78, 5) is 3.19. The van der Waals surface area contributed by atoms with Crippen LogP contribution in [0.5, 0.6) is 0 Å². The molecule has 14 heavy (non-hydrogen) atoms. The summed E-state index contributed by atoms with van der Waals surface area (Å²) >= 11 is 6.99. The first-order valence-corrected chi connectivity index (χ1v) is 5.87. The molecule has 1 aromatic carbocycles. The second-order valence-corrected chi connectivity index (χ2v) is 4.78. The minimum atomic E-state index is 0.173. The van der Waals surface area contributed by atoms with Gasteiger partial charge in [0.2, 0.25) is 0 Å². The van der Waals surface area contributed by atoms with E-state index in [1.807, 2.05) is 18.3 Å². The van der Waals surface area contributed by atoms with Gasteiger partial charge in [0.15, 0.2) is 0 Å². The Morgan fingerprint density at radius 1 is 1.21 bits per heavy atom. The molecule has 0 unspecified atom stereocenters. The SMILES string of the molecule is OCCc1c[nH]c2c(Br)ccc(Br)c12. The Kier molecular flexibility index (Phi) is 2.95. The largest absolute Gasteiger partial charge is 0.396 e. The number of aliphatic hydroxyl groups is 1. The highest BCUT2D eigenvalue weighted by Gasteiger charge is 2.08. The average Bonchev–Trinajstić information content (AvgIpc) is 2.58. The molecule has 0 saturated heterocycles. The molecule has 0 saturated carbocycles. The Morgan fingerprint density at radius 2 is 1.93 bits per heavy atom. The van der Waals surface area contributed by atoms with Crippen LogP contribution in [0.2, 0.25) is 0 Å². The molecule has 2 rings (SSSR count). The van der Waals surface area contributed by atoms with Crippen LogP contribution >= 0.6 is 31.9 Å². The van der Waals surface area contributed by atoms with Crippen LogP contribution in [0.1, 0.15) is 5.56 Å². The standard InChI is InChI=1S/C10H9Br2NO/c11-7-1-2-8(12)10-9(7)6(3-4-14)5-13-10/h1-2,5,13-14H,3-4H2. The zero-order chi connectivity index (χ0) is 10.1. The van der Waals surface area contributed by atoms with Gasteiger partial charge in [-0.2, -0.15) is 0 Å². The van der Waals surface area contributed by atoms with E-state index < -0.39 is 0 Å². The number of aromatic nitrogens is 1. The first kappa shape index (κ1) is 10.2. The molecular weight excluding hydrogens is 310 g/mol. The van der Waals surface area contributed by atoms with Crippen molar-refractivity contribution in [3.05, 3.63) is 32.8 Å². The summed E-state index contributed by atoms with van der Waals surface area (Å²) in [5.74, 6) is 0. The molecule has 2 nitrogen and oxygen atoms in total. The maximum atomic E-state index is 8.92. The number of hydrogen-bond donors (Lipinski definition) is 2. The quantitative estimate of drug-likeness (QED) is 0.876. The summed E-state index contributed by atoms with van der Waals surface area (Å²) in [5.41, 5.74) is 2.21. The van der Waals surface area contributed by atoms with E-state index in [-0.39, 0.29) is 6.61 Å². The third kappa shape index (κ3) is 1.62. The van der Waals surface area contributed by atoms with Crippen molar-refractivity contribution in [2.45, 2.75) is 6.42 Å². The second kappa shape index (κ2) is 4.04. The maximum absolute atomic E-state index is 8.92. The second-order valence-electron chi connectivity index (χ2n) is 3.07. The van der Waals surface area contributed by atoms with Gasteiger partial charge < -0.3 is 10.1 Å². The van der Waals surface area contributed by atoms with Crippen LogP contribution in [0, 0.1) is 0 Å². The zero-order valence-electron chi connectivity index (χ0n) is 7.35. The Bertz CT molecular complexity index is 464. The number of aliphatic hydroxyl groups excluding tert-OH is 1. The lowest BCUT2D eigenvalue weighted by molar-refractivity contribution is 0.300. The number of fused-ring (bicyclic) bond motifs is 1. The number of rotatable bonds is 2. The van der Waals surface area contributed by atoms with Crippen LogP contribution in [0.15, 0.2) is 27.3 Å². The fourth-order valence-corrected chi connectivity index (χ4v) is 2.59. The highest BCUT2D eigenvalue weighted by molar-refractivity contribution is 9.11. The number of hydrogen-bond acceptors (Lipinski definition) is 1. The van der Waals surface area contributed by atoms with Crippen molar-refractivity contribution in [3.63, 3.8) is 0 Å². The van der Waals surface area contributed by atoms with Crippen molar-refractivity contribution < 1.29 is 5.11 Å². The molecule has 0 atom stereocenters. The molecule has 0 radical (unpaired) electrons. The normalized spacial score (nSPS) is 11.1. The summed E-state index contributed by atoms with van der Waals surface area (Å²) in [6.45, 7) is 0.173. The lowest BCUT2D eigenvalue weighted by Crippen LogP contribution is -1.88. The van der Waals surface area contributed by atoms with Gasteiger partial charge in [-0.15, -0.1) is 0 Å².